The molecule has 3 nitrogen and oxygen atoms in total. The topological polar surface area (TPSA) is 37.8 Å². The van der Waals surface area contributed by atoms with Crippen LogP contribution in [0.15, 0.2) is 6.07 Å². The third kappa shape index (κ3) is 3.97. The zero-order valence-corrected chi connectivity index (χ0v) is 11.4. The van der Waals surface area contributed by atoms with E-state index in [0.29, 0.717) is 11.1 Å². The van der Waals surface area contributed by atoms with Crippen LogP contribution in [-0.2, 0) is 5.41 Å². The summed E-state index contributed by atoms with van der Waals surface area (Å²) in [6.45, 7) is 11.4. The molecule has 0 spiro atoms. The van der Waals surface area contributed by atoms with Crippen LogP contribution in [0.2, 0.25) is 5.15 Å². The van der Waals surface area contributed by atoms with E-state index in [1.165, 1.54) is 0 Å². The Balaban J connectivity index is 2.90. The molecule has 0 aromatic carbocycles. The minimum atomic E-state index is -0.0842. The molecule has 0 unspecified atom stereocenters. The number of hydrogen-bond donors (Lipinski definition) is 1. The van der Waals surface area contributed by atoms with Gasteiger partial charge in [0, 0.05) is 18.0 Å². The lowest BCUT2D eigenvalue weighted by Gasteiger charge is -2.18. The van der Waals surface area contributed by atoms with Crippen molar-refractivity contribution in [3.05, 3.63) is 17.0 Å². The van der Waals surface area contributed by atoms with Gasteiger partial charge in [0.15, 0.2) is 0 Å². The van der Waals surface area contributed by atoms with Crippen LogP contribution in [0.1, 0.15) is 40.4 Å². The highest BCUT2D eigenvalue weighted by atomic mass is 35.5. The molecule has 0 aliphatic rings. The second kappa shape index (κ2) is 5.00. The Labute approximate surface area is 103 Å². The molecule has 0 aliphatic heterocycles. The van der Waals surface area contributed by atoms with E-state index >= 15 is 0 Å². The summed E-state index contributed by atoms with van der Waals surface area (Å²) in [5, 5.41) is 3.75. The van der Waals surface area contributed by atoms with Gasteiger partial charge < -0.3 is 5.32 Å². The standard InChI is InChI=1S/C12H20ClN3/c1-8(2)7-14-10-6-9(13)15-11(16-10)12(3,4)5/h6,8H,7H2,1-5H3,(H,14,15,16). The molecule has 0 amide bonds. The monoisotopic (exact) mass is 241 g/mol. The summed E-state index contributed by atoms with van der Waals surface area (Å²) in [6.07, 6.45) is 0. The first-order chi connectivity index (χ1) is 7.29. The van der Waals surface area contributed by atoms with E-state index in [4.69, 9.17) is 11.6 Å². The highest BCUT2D eigenvalue weighted by molar-refractivity contribution is 6.29. The van der Waals surface area contributed by atoms with Gasteiger partial charge in [-0.1, -0.05) is 46.2 Å². The Bertz CT molecular complexity index is 356. The van der Waals surface area contributed by atoms with E-state index in [0.717, 1.165) is 18.2 Å². The third-order valence-corrected chi connectivity index (χ3v) is 2.25. The molecule has 1 N–H and O–H groups in total. The summed E-state index contributed by atoms with van der Waals surface area (Å²) in [4.78, 5) is 8.72. The van der Waals surface area contributed by atoms with E-state index in [1.54, 1.807) is 6.07 Å². The number of nitrogens with zero attached hydrogens (tertiary/aromatic N) is 2. The van der Waals surface area contributed by atoms with Crippen molar-refractivity contribution >= 4 is 17.4 Å². The number of aromatic nitrogens is 2. The first kappa shape index (κ1) is 13.2. The zero-order chi connectivity index (χ0) is 12.3. The first-order valence-corrected chi connectivity index (χ1v) is 5.96. The summed E-state index contributed by atoms with van der Waals surface area (Å²) in [7, 11) is 0. The highest BCUT2D eigenvalue weighted by Gasteiger charge is 2.18. The first-order valence-electron chi connectivity index (χ1n) is 5.58. The van der Waals surface area contributed by atoms with E-state index in [-0.39, 0.29) is 5.41 Å². The van der Waals surface area contributed by atoms with Crippen molar-refractivity contribution in [1.82, 2.24) is 9.97 Å². The normalized spacial score (nSPS) is 11.9. The Kier molecular flexibility index (Phi) is 4.14. The molecule has 1 rings (SSSR count). The minimum absolute atomic E-state index is 0.0842. The molecule has 0 saturated carbocycles. The number of hydrogen-bond acceptors (Lipinski definition) is 3. The summed E-state index contributed by atoms with van der Waals surface area (Å²) in [5.74, 6) is 2.15. The maximum absolute atomic E-state index is 5.98. The second-order valence-electron chi connectivity index (χ2n) is 5.42. The van der Waals surface area contributed by atoms with Gasteiger partial charge in [-0.25, -0.2) is 9.97 Å². The fraction of sp³-hybridized carbons (Fsp3) is 0.667. The summed E-state index contributed by atoms with van der Waals surface area (Å²) < 4.78 is 0. The largest absolute Gasteiger partial charge is 0.370 e. The molecular formula is C12H20ClN3. The molecule has 16 heavy (non-hydrogen) atoms. The van der Waals surface area contributed by atoms with E-state index in [9.17, 15) is 0 Å². The van der Waals surface area contributed by atoms with E-state index < -0.39 is 0 Å². The maximum atomic E-state index is 5.98. The third-order valence-electron chi connectivity index (χ3n) is 2.06. The zero-order valence-electron chi connectivity index (χ0n) is 10.6. The van der Waals surface area contributed by atoms with Crippen molar-refractivity contribution in [2.24, 2.45) is 5.92 Å². The lowest BCUT2D eigenvalue weighted by molar-refractivity contribution is 0.545. The molecule has 0 atom stereocenters. The molecule has 0 aliphatic carbocycles. The quantitative estimate of drug-likeness (QED) is 0.824. The fourth-order valence-electron chi connectivity index (χ4n) is 1.15. The van der Waals surface area contributed by atoms with Crippen molar-refractivity contribution in [3.63, 3.8) is 0 Å². The Hall–Kier alpha value is -0.830. The van der Waals surface area contributed by atoms with Crippen molar-refractivity contribution in [2.45, 2.75) is 40.0 Å². The molecule has 1 aromatic rings. The van der Waals surface area contributed by atoms with Gasteiger partial charge in [0.1, 0.15) is 16.8 Å². The van der Waals surface area contributed by atoms with Gasteiger partial charge in [0.25, 0.3) is 0 Å². The van der Waals surface area contributed by atoms with Crippen LogP contribution in [-0.4, -0.2) is 16.5 Å². The number of anilines is 1. The van der Waals surface area contributed by atoms with Crippen LogP contribution < -0.4 is 5.32 Å². The summed E-state index contributed by atoms with van der Waals surface area (Å²) in [5.41, 5.74) is -0.0842. The predicted molar refractivity (Wildman–Crippen MR) is 69.1 cm³/mol. The van der Waals surface area contributed by atoms with Gasteiger partial charge in [-0.2, -0.15) is 0 Å². The van der Waals surface area contributed by atoms with Gasteiger partial charge >= 0.3 is 0 Å². The molecule has 0 saturated heterocycles. The maximum Gasteiger partial charge on any atom is 0.137 e. The second-order valence-corrected chi connectivity index (χ2v) is 5.81. The fourth-order valence-corrected chi connectivity index (χ4v) is 1.34. The molecule has 4 heteroatoms. The highest BCUT2D eigenvalue weighted by Crippen LogP contribution is 2.22. The van der Waals surface area contributed by atoms with Crippen molar-refractivity contribution < 1.29 is 0 Å². The van der Waals surface area contributed by atoms with Crippen LogP contribution in [0, 0.1) is 5.92 Å². The minimum Gasteiger partial charge on any atom is -0.370 e. The van der Waals surface area contributed by atoms with Crippen molar-refractivity contribution in [1.29, 1.82) is 0 Å². The Morgan fingerprint density at radius 2 is 1.94 bits per heavy atom. The van der Waals surface area contributed by atoms with Gasteiger partial charge in [-0.15, -0.1) is 0 Å². The number of halogens is 1. The van der Waals surface area contributed by atoms with Crippen LogP contribution in [0.25, 0.3) is 0 Å². The lowest BCUT2D eigenvalue weighted by Crippen LogP contribution is -2.18. The lowest BCUT2D eigenvalue weighted by atomic mass is 9.96. The molecular weight excluding hydrogens is 222 g/mol. The summed E-state index contributed by atoms with van der Waals surface area (Å²) >= 11 is 5.98. The number of nitrogens with one attached hydrogen (secondary N) is 1. The van der Waals surface area contributed by atoms with Crippen LogP contribution in [0.5, 0.6) is 0 Å². The SMILES string of the molecule is CC(C)CNc1cc(Cl)nc(C(C)(C)C)n1. The van der Waals surface area contributed by atoms with Gasteiger partial charge in [-0.05, 0) is 5.92 Å². The Morgan fingerprint density at radius 1 is 1.31 bits per heavy atom. The van der Waals surface area contributed by atoms with E-state index in [1.807, 2.05) is 0 Å². The van der Waals surface area contributed by atoms with Gasteiger partial charge in [0.2, 0.25) is 0 Å². The van der Waals surface area contributed by atoms with Crippen LogP contribution in [0.4, 0.5) is 5.82 Å². The molecule has 0 fully saturated rings. The Morgan fingerprint density at radius 3 is 2.44 bits per heavy atom. The molecule has 0 bridgehead atoms. The molecule has 1 aromatic heterocycles. The van der Waals surface area contributed by atoms with Gasteiger partial charge in [-0.3, -0.25) is 0 Å². The molecule has 90 valence electrons. The van der Waals surface area contributed by atoms with Crippen LogP contribution >= 0.6 is 11.6 Å². The van der Waals surface area contributed by atoms with Crippen molar-refractivity contribution in [3.8, 4) is 0 Å². The number of rotatable bonds is 3. The average Bonchev–Trinajstić information content (AvgIpc) is 2.12. The molecule has 1 heterocycles. The smallest absolute Gasteiger partial charge is 0.137 e. The predicted octanol–water partition coefficient (Wildman–Crippen LogP) is 3.50. The summed E-state index contributed by atoms with van der Waals surface area (Å²) in [6, 6.07) is 1.76. The van der Waals surface area contributed by atoms with Gasteiger partial charge in [0.05, 0.1) is 0 Å². The van der Waals surface area contributed by atoms with Crippen LogP contribution in [0.3, 0.4) is 0 Å². The average molecular weight is 242 g/mol. The molecule has 0 radical (unpaired) electrons. The van der Waals surface area contributed by atoms with Crippen molar-refractivity contribution in [2.75, 3.05) is 11.9 Å². The van der Waals surface area contributed by atoms with E-state index in [2.05, 4.69) is 49.9 Å².